The summed E-state index contributed by atoms with van der Waals surface area (Å²) in [6.45, 7) is 4.11. The molecule has 2 aliphatic heterocycles. The summed E-state index contributed by atoms with van der Waals surface area (Å²) in [5.41, 5.74) is 8.40. The number of piperazine rings is 1. The molecule has 0 bridgehead atoms. The average Bonchev–Trinajstić information content (AvgIpc) is 3.77. The van der Waals surface area contributed by atoms with Crippen LogP contribution < -0.4 is 10.5 Å². The van der Waals surface area contributed by atoms with E-state index >= 15 is 0 Å². The Morgan fingerprint density at radius 2 is 1.67 bits per heavy atom. The van der Waals surface area contributed by atoms with Gasteiger partial charge in [-0.05, 0) is 56.2 Å². The van der Waals surface area contributed by atoms with Gasteiger partial charge in [0.15, 0.2) is 17.2 Å². The molecule has 6 rings (SSSR count). The Bertz CT molecular complexity index is 2130. The average molecular weight is 757 g/mol. The summed E-state index contributed by atoms with van der Waals surface area (Å²) in [7, 11) is -4.22. The summed E-state index contributed by atoms with van der Waals surface area (Å²) in [6, 6.07) is 11.8. The van der Waals surface area contributed by atoms with Gasteiger partial charge in [-0.1, -0.05) is 40.5 Å². The smallest absolute Gasteiger partial charge is 0.332 e. The molecule has 17 heteroatoms. The molecule has 51 heavy (non-hydrogen) atoms. The zero-order chi connectivity index (χ0) is 36.4. The highest BCUT2D eigenvalue weighted by Gasteiger charge is 2.43. The van der Waals surface area contributed by atoms with E-state index in [9.17, 15) is 22.8 Å². The number of imidazole rings is 1. The lowest BCUT2D eigenvalue weighted by atomic mass is 10.1. The second-order valence-corrected chi connectivity index (χ2v) is 14.8. The lowest BCUT2D eigenvalue weighted by Gasteiger charge is -2.37. The maximum Gasteiger partial charge on any atom is 0.332 e. The van der Waals surface area contributed by atoms with Crippen LogP contribution in [0.5, 0.6) is 5.75 Å². The molecular formula is C34H35Cl2N7O7S. The lowest BCUT2D eigenvalue weighted by Crippen LogP contribution is -2.55. The van der Waals surface area contributed by atoms with Crippen molar-refractivity contribution < 1.29 is 32.4 Å². The van der Waals surface area contributed by atoms with Gasteiger partial charge in [0.2, 0.25) is 15.9 Å². The number of halogens is 2. The molecule has 0 saturated carbocycles. The second kappa shape index (κ2) is 14.9. The minimum atomic E-state index is -4.22. The highest BCUT2D eigenvalue weighted by atomic mass is 35.5. The summed E-state index contributed by atoms with van der Waals surface area (Å²) in [4.78, 5) is 50.1. The van der Waals surface area contributed by atoms with Crippen LogP contribution in [0, 0.1) is 6.92 Å². The third-order valence-electron chi connectivity index (χ3n) is 8.74. The van der Waals surface area contributed by atoms with Crippen LogP contribution in [0.4, 0.5) is 0 Å². The Morgan fingerprint density at radius 1 is 0.980 bits per heavy atom. The van der Waals surface area contributed by atoms with E-state index in [-0.39, 0.29) is 71.9 Å². The van der Waals surface area contributed by atoms with Gasteiger partial charge >= 0.3 is 5.97 Å². The number of ether oxygens (including phenoxy) is 1. The fraction of sp³-hybridized carbons (Fsp3) is 0.324. The zero-order valence-corrected chi connectivity index (χ0v) is 30.1. The van der Waals surface area contributed by atoms with Gasteiger partial charge in [-0.25, -0.2) is 18.2 Å². The maximum absolute atomic E-state index is 14.1. The van der Waals surface area contributed by atoms with Gasteiger partial charge < -0.3 is 29.5 Å². The summed E-state index contributed by atoms with van der Waals surface area (Å²) in [6.07, 6.45) is 4.54. The number of aromatic nitrogens is 2. The number of oxime groups is 1. The van der Waals surface area contributed by atoms with Crippen LogP contribution in [-0.4, -0.2) is 94.3 Å². The number of carbonyl (C=O) groups is 3. The first kappa shape index (κ1) is 36.1. The van der Waals surface area contributed by atoms with Crippen LogP contribution in [0.1, 0.15) is 46.9 Å². The number of rotatable bonds is 9. The van der Waals surface area contributed by atoms with Crippen molar-refractivity contribution in [2.75, 3.05) is 32.7 Å². The number of amidine groups is 1. The Kier molecular flexibility index (Phi) is 10.5. The molecule has 4 heterocycles. The number of amides is 2. The summed E-state index contributed by atoms with van der Waals surface area (Å²) >= 11 is 13.2. The van der Waals surface area contributed by atoms with E-state index in [1.165, 1.54) is 23.4 Å². The van der Waals surface area contributed by atoms with Crippen LogP contribution in [0.25, 0.3) is 5.65 Å². The van der Waals surface area contributed by atoms with Crippen molar-refractivity contribution >= 4 is 62.5 Å². The second-order valence-electron chi connectivity index (χ2n) is 12.1. The van der Waals surface area contributed by atoms with Crippen LogP contribution in [-0.2, 0) is 31.1 Å². The first-order valence-corrected chi connectivity index (χ1v) is 18.3. The number of nitrogens with two attached hydrogens (primary N) is 1. The largest absolute Gasteiger partial charge is 0.485 e. The molecule has 2 fully saturated rings. The normalized spacial score (nSPS) is 17.2. The topological polar surface area (TPSA) is 169 Å². The van der Waals surface area contributed by atoms with Gasteiger partial charge in [0.1, 0.15) is 17.5 Å². The highest BCUT2D eigenvalue weighted by molar-refractivity contribution is 7.89. The van der Waals surface area contributed by atoms with Crippen LogP contribution in [0.15, 0.2) is 71.0 Å². The number of aryl methyl sites for hydroxylation is 1. The van der Waals surface area contributed by atoms with Crippen molar-refractivity contribution in [1.29, 1.82) is 0 Å². The number of sulfonamides is 1. The van der Waals surface area contributed by atoms with Crippen molar-refractivity contribution in [2.24, 2.45) is 10.9 Å². The third-order valence-corrected chi connectivity index (χ3v) is 11.6. The molecule has 0 aliphatic carbocycles. The molecule has 2 amide bonds. The third kappa shape index (κ3) is 7.52. The van der Waals surface area contributed by atoms with Gasteiger partial charge in [-0.2, -0.15) is 4.31 Å². The quantitative estimate of drug-likeness (QED) is 0.115. The molecule has 2 N–H and O–H groups in total. The minimum Gasteiger partial charge on any atom is -0.485 e. The molecule has 0 radical (unpaired) electrons. The number of pyridine rings is 1. The zero-order valence-electron chi connectivity index (χ0n) is 27.8. The summed E-state index contributed by atoms with van der Waals surface area (Å²) in [5, 5.41) is 3.70. The SMILES string of the molecule is CC(=O)ON=C(N)c1ccc(C(=O)N2CCN(C(=O)C3CCCN3S(=O)(=O)c3ccc(Cl)c(COc4cccn5cc(C)nc45)c3Cl)CC2)cc1. The van der Waals surface area contributed by atoms with Crippen molar-refractivity contribution in [3.05, 3.63) is 93.4 Å². The van der Waals surface area contributed by atoms with Crippen LogP contribution >= 0.6 is 23.2 Å². The molecule has 2 aliphatic rings. The molecule has 4 aromatic rings. The molecule has 2 saturated heterocycles. The number of fused-ring (bicyclic) bond motifs is 1. The lowest BCUT2D eigenvalue weighted by molar-refractivity contribution is -0.141. The van der Waals surface area contributed by atoms with Gasteiger partial charge in [-0.15, -0.1) is 0 Å². The van der Waals surface area contributed by atoms with E-state index in [1.807, 2.05) is 23.7 Å². The van der Waals surface area contributed by atoms with E-state index in [1.54, 1.807) is 46.2 Å². The monoisotopic (exact) mass is 755 g/mol. The van der Waals surface area contributed by atoms with Crippen molar-refractivity contribution in [2.45, 2.75) is 44.2 Å². The van der Waals surface area contributed by atoms with Crippen molar-refractivity contribution in [3.8, 4) is 5.75 Å². The number of nitrogens with zero attached hydrogens (tertiary/aromatic N) is 6. The van der Waals surface area contributed by atoms with Gasteiger partial charge in [0, 0.05) is 73.8 Å². The van der Waals surface area contributed by atoms with Crippen molar-refractivity contribution in [3.63, 3.8) is 0 Å². The fourth-order valence-electron chi connectivity index (χ4n) is 6.15. The van der Waals surface area contributed by atoms with E-state index in [2.05, 4.69) is 15.0 Å². The van der Waals surface area contributed by atoms with E-state index < -0.39 is 22.0 Å². The predicted molar refractivity (Wildman–Crippen MR) is 189 cm³/mol. The van der Waals surface area contributed by atoms with E-state index in [0.29, 0.717) is 40.9 Å². The first-order chi connectivity index (χ1) is 24.3. The van der Waals surface area contributed by atoms with E-state index in [4.69, 9.17) is 33.7 Å². The number of hydrogen-bond acceptors (Lipinski definition) is 9. The molecular weight excluding hydrogens is 721 g/mol. The van der Waals surface area contributed by atoms with Crippen molar-refractivity contribution in [1.82, 2.24) is 23.5 Å². The molecule has 0 spiro atoms. The fourth-order valence-corrected chi connectivity index (χ4v) is 8.67. The Morgan fingerprint density at radius 3 is 2.37 bits per heavy atom. The highest BCUT2D eigenvalue weighted by Crippen LogP contribution is 2.36. The maximum atomic E-state index is 14.1. The Hall–Kier alpha value is -4.70. The number of benzene rings is 2. The molecule has 2 aromatic carbocycles. The number of hydrogen-bond donors (Lipinski definition) is 1. The van der Waals surface area contributed by atoms with Gasteiger partial charge in [0.25, 0.3) is 5.91 Å². The summed E-state index contributed by atoms with van der Waals surface area (Å²) < 4.78 is 37.2. The Balaban J connectivity index is 1.11. The first-order valence-electron chi connectivity index (χ1n) is 16.1. The molecule has 1 unspecified atom stereocenters. The molecule has 2 aromatic heterocycles. The van der Waals surface area contributed by atoms with Crippen LogP contribution in [0.2, 0.25) is 10.0 Å². The molecule has 268 valence electrons. The number of carbonyl (C=O) groups excluding carboxylic acids is 3. The standard InChI is InChI=1S/C34H35Cl2N7O7S/c1-21-19-42-13-4-6-28(32(42)38-21)49-20-25-26(35)11-12-29(30(25)36)51(47,48)43-14-3-5-27(43)34(46)41-17-15-40(16-18-41)33(45)24-9-7-23(8-10-24)31(37)39-50-22(2)44/h4,6-13,19,27H,3,5,14-18,20H2,1-2H3,(H2,37,39). The molecule has 14 nitrogen and oxygen atoms in total. The Labute approximate surface area is 304 Å². The summed E-state index contributed by atoms with van der Waals surface area (Å²) in [5.74, 6) is -0.706. The minimum absolute atomic E-state index is 0.0123. The predicted octanol–water partition coefficient (Wildman–Crippen LogP) is 3.85. The molecule has 1 atom stereocenters. The van der Waals surface area contributed by atoms with Crippen LogP contribution in [0.3, 0.4) is 0 Å². The van der Waals surface area contributed by atoms with Gasteiger partial charge in [-0.3, -0.25) is 9.59 Å². The van der Waals surface area contributed by atoms with Gasteiger partial charge in [0.05, 0.1) is 10.7 Å². The van der Waals surface area contributed by atoms with E-state index in [0.717, 1.165) is 5.69 Å².